The Labute approximate surface area is 144 Å². The number of nitrogens with one attached hydrogen (secondary N) is 1. The largest absolute Gasteiger partial charge is 0.469 e. The SMILES string of the molecule is COC(=O)[C@H](C[C@H](C)C(=O)OC)NC(=O)Cc1cccc([N+](=O)[O-])c1. The highest BCUT2D eigenvalue weighted by atomic mass is 16.6. The first-order valence-corrected chi connectivity index (χ1v) is 7.46. The number of hydrogen-bond donors (Lipinski definition) is 1. The van der Waals surface area contributed by atoms with Gasteiger partial charge in [-0.2, -0.15) is 0 Å². The van der Waals surface area contributed by atoms with Crippen LogP contribution >= 0.6 is 0 Å². The van der Waals surface area contributed by atoms with Gasteiger partial charge in [0.05, 0.1) is 31.5 Å². The molecule has 2 atom stereocenters. The van der Waals surface area contributed by atoms with Gasteiger partial charge in [-0.1, -0.05) is 19.1 Å². The summed E-state index contributed by atoms with van der Waals surface area (Å²) < 4.78 is 9.23. The molecule has 136 valence electrons. The number of nitro benzene ring substituents is 1. The third-order valence-electron chi connectivity index (χ3n) is 3.50. The number of amides is 1. The summed E-state index contributed by atoms with van der Waals surface area (Å²) in [6, 6.07) is 4.61. The predicted molar refractivity (Wildman–Crippen MR) is 86.5 cm³/mol. The molecule has 0 aromatic heterocycles. The minimum absolute atomic E-state index is 0.0139. The number of ether oxygens (including phenoxy) is 2. The number of nitro groups is 1. The maximum absolute atomic E-state index is 12.1. The predicted octanol–water partition coefficient (Wildman–Crippen LogP) is 0.994. The van der Waals surface area contributed by atoms with Crippen LogP contribution in [0.25, 0.3) is 0 Å². The zero-order chi connectivity index (χ0) is 19.0. The third kappa shape index (κ3) is 6.21. The zero-order valence-electron chi connectivity index (χ0n) is 14.2. The van der Waals surface area contributed by atoms with Crippen molar-refractivity contribution < 1.29 is 28.8 Å². The quantitative estimate of drug-likeness (QED) is 0.420. The van der Waals surface area contributed by atoms with Crippen LogP contribution in [0.3, 0.4) is 0 Å². The van der Waals surface area contributed by atoms with Gasteiger partial charge < -0.3 is 14.8 Å². The second-order valence-corrected chi connectivity index (χ2v) is 5.41. The Bertz CT molecular complexity index is 660. The Hall–Kier alpha value is -2.97. The molecule has 1 aromatic carbocycles. The van der Waals surface area contributed by atoms with E-state index < -0.39 is 34.7 Å². The van der Waals surface area contributed by atoms with Gasteiger partial charge in [-0.05, 0) is 12.0 Å². The molecule has 0 aliphatic heterocycles. The highest BCUT2D eigenvalue weighted by Crippen LogP contribution is 2.14. The fourth-order valence-corrected chi connectivity index (χ4v) is 2.22. The minimum Gasteiger partial charge on any atom is -0.469 e. The van der Waals surface area contributed by atoms with E-state index in [0.717, 1.165) is 0 Å². The molecule has 0 bridgehead atoms. The molecule has 0 aliphatic rings. The summed E-state index contributed by atoms with van der Waals surface area (Å²) in [4.78, 5) is 45.6. The summed E-state index contributed by atoms with van der Waals surface area (Å²) >= 11 is 0. The highest BCUT2D eigenvalue weighted by molar-refractivity contribution is 5.86. The van der Waals surface area contributed by atoms with Crippen LogP contribution in [0.4, 0.5) is 5.69 Å². The summed E-state index contributed by atoms with van der Waals surface area (Å²) in [7, 11) is 2.40. The van der Waals surface area contributed by atoms with Gasteiger partial charge in [-0.25, -0.2) is 4.79 Å². The van der Waals surface area contributed by atoms with Crippen LogP contribution in [0.1, 0.15) is 18.9 Å². The fraction of sp³-hybridized carbons (Fsp3) is 0.438. The third-order valence-corrected chi connectivity index (χ3v) is 3.50. The lowest BCUT2D eigenvalue weighted by molar-refractivity contribution is -0.384. The van der Waals surface area contributed by atoms with Crippen LogP contribution in [0.2, 0.25) is 0 Å². The van der Waals surface area contributed by atoms with Gasteiger partial charge in [0.2, 0.25) is 5.91 Å². The van der Waals surface area contributed by atoms with E-state index in [1.807, 2.05) is 0 Å². The molecule has 0 fully saturated rings. The Balaban J connectivity index is 2.78. The van der Waals surface area contributed by atoms with Crippen LogP contribution in [-0.2, 0) is 30.3 Å². The molecule has 0 unspecified atom stereocenters. The molecule has 0 saturated carbocycles. The lowest BCUT2D eigenvalue weighted by Crippen LogP contribution is -2.44. The highest BCUT2D eigenvalue weighted by Gasteiger charge is 2.27. The van der Waals surface area contributed by atoms with Gasteiger partial charge in [-0.15, -0.1) is 0 Å². The molecular weight excluding hydrogens is 332 g/mol. The molecule has 0 saturated heterocycles. The number of methoxy groups -OCH3 is 2. The first-order valence-electron chi connectivity index (χ1n) is 7.46. The molecule has 1 amide bonds. The van der Waals surface area contributed by atoms with E-state index in [2.05, 4.69) is 14.8 Å². The monoisotopic (exact) mass is 352 g/mol. The Morgan fingerprint density at radius 2 is 1.84 bits per heavy atom. The molecule has 9 nitrogen and oxygen atoms in total. The topological polar surface area (TPSA) is 125 Å². The summed E-state index contributed by atoms with van der Waals surface area (Å²) in [5, 5.41) is 13.2. The maximum Gasteiger partial charge on any atom is 0.328 e. The zero-order valence-corrected chi connectivity index (χ0v) is 14.2. The van der Waals surface area contributed by atoms with Crippen LogP contribution < -0.4 is 5.32 Å². The molecule has 1 N–H and O–H groups in total. The molecule has 0 radical (unpaired) electrons. The van der Waals surface area contributed by atoms with E-state index >= 15 is 0 Å². The number of carbonyl (C=O) groups excluding carboxylic acids is 3. The van der Waals surface area contributed by atoms with Crippen molar-refractivity contribution in [1.82, 2.24) is 5.32 Å². The number of benzene rings is 1. The van der Waals surface area contributed by atoms with E-state index in [-0.39, 0.29) is 18.5 Å². The average molecular weight is 352 g/mol. The van der Waals surface area contributed by atoms with Crippen LogP contribution in [0.5, 0.6) is 0 Å². The molecule has 9 heteroatoms. The molecule has 25 heavy (non-hydrogen) atoms. The first kappa shape index (κ1) is 20.1. The number of hydrogen-bond acceptors (Lipinski definition) is 7. The number of carbonyl (C=O) groups is 3. The summed E-state index contributed by atoms with van der Waals surface area (Å²) in [6.45, 7) is 1.56. The van der Waals surface area contributed by atoms with E-state index in [0.29, 0.717) is 5.56 Å². The van der Waals surface area contributed by atoms with E-state index in [1.54, 1.807) is 13.0 Å². The second kappa shape index (κ2) is 9.36. The van der Waals surface area contributed by atoms with Gasteiger partial charge in [0.25, 0.3) is 5.69 Å². The Morgan fingerprint density at radius 1 is 1.20 bits per heavy atom. The minimum atomic E-state index is -1.02. The molecule has 0 aliphatic carbocycles. The number of nitrogens with zero attached hydrogens (tertiary/aromatic N) is 1. The van der Waals surface area contributed by atoms with Gasteiger partial charge in [0.1, 0.15) is 6.04 Å². The smallest absolute Gasteiger partial charge is 0.328 e. The van der Waals surface area contributed by atoms with Crippen molar-refractivity contribution in [3.63, 3.8) is 0 Å². The van der Waals surface area contributed by atoms with Crippen molar-refractivity contribution in [3.8, 4) is 0 Å². The van der Waals surface area contributed by atoms with Crippen LogP contribution in [-0.4, -0.2) is 43.0 Å². The first-order chi connectivity index (χ1) is 11.8. The Kier molecular flexibility index (Phi) is 7.51. The van der Waals surface area contributed by atoms with Crippen molar-refractivity contribution in [2.75, 3.05) is 14.2 Å². The van der Waals surface area contributed by atoms with E-state index in [4.69, 9.17) is 0 Å². The molecule has 1 rings (SSSR count). The van der Waals surface area contributed by atoms with Crippen molar-refractivity contribution in [1.29, 1.82) is 0 Å². The van der Waals surface area contributed by atoms with Crippen LogP contribution in [0.15, 0.2) is 24.3 Å². The summed E-state index contributed by atoms with van der Waals surface area (Å²) in [5.74, 6) is -2.34. The lowest BCUT2D eigenvalue weighted by Gasteiger charge is -2.19. The molecule has 0 heterocycles. The number of rotatable bonds is 8. The van der Waals surface area contributed by atoms with Crippen LogP contribution in [0, 0.1) is 16.0 Å². The second-order valence-electron chi connectivity index (χ2n) is 5.41. The van der Waals surface area contributed by atoms with Gasteiger partial charge in [-0.3, -0.25) is 19.7 Å². The molecular formula is C16H20N2O7. The average Bonchev–Trinajstić information content (AvgIpc) is 2.59. The van der Waals surface area contributed by atoms with Gasteiger partial charge in [0, 0.05) is 12.1 Å². The van der Waals surface area contributed by atoms with Crippen molar-refractivity contribution in [3.05, 3.63) is 39.9 Å². The fourth-order valence-electron chi connectivity index (χ4n) is 2.22. The Morgan fingerprint density at radius 3 is 2.40 bits per heavy atom. The number of non-ortho nitro benzene ring substituents is 1. The number of esters is 2. The molecule has 0 spiro atoms. The van der Waals surface area contributed by atoms with Gasteiger partial charge >= 0.3 is 11.9 Å². The standard InChI is InChI=1S/C16H20N2O7/c1-10(15(20)24-2)7-13(16(21)25-3)17-14(19)9-11-5-4-6-12(8-11)18(22)23/h4-6,8,10,13H,7,9H2,1-3H3,(H,17,19)/t10-,13-/m0/s1. The van der Waals surface area contributed by atoms with Crippen molar-refractivity contribution >= 4 is 23.5 Å². The maximum atomic E-state index is 12.1. The lowest BCUT2D eigenvalue weighted by atomic mass is 10.0. The summed E-state index contributed by atoms with van der Waals surface area (Å²) in [5.41, 5.74) is 0.297. The molecule has 1 aromatic rings. The van der Waals surface area contributed by atoms with Crippen molar-refractivity contribution in [2.45, 2.75) is 25.8 Å². The van der Waals surface area contributed by atoms with E-state index in [1.165, 1.54) is 32.4 Å². The summed E-state index contributed by atoms with van der Waals surface area (Å²) in [6.07, 6.45) is -0.137. The normalized spacial score (nSPS) is 12.6. The van der Waals surface area contributed by atoms with E-state index in [9.17, 15) is 24.5 Å². The van der Waals surface area contributed by atoms with Crippen molar-refractivity contribution in [2.24, 2.45) is 5.92 Å². The van der Waals surface area contributed by atoms with Gasteiger partial charge in [0.15, 0.2) is 0 Å².